The quantitative estimate of drug-likeness (QED) is 0.457. The molecular formula is C25H24ClF3N2O4S. The lowest BCUT2D eigenvalue weighted by Gasteiger charge is -2.40. The van der Waals surface area contributed by atoms with Crippen molar-refractivity contribution in [3.63, 3.8) is 0 Å². The minimum atomic E-state index is -4.66. The van der Waals surface area contributed by atoms with Gasteiger partial charge in [0.15, 0.2) is 9.84 Å². The average molecular weight is 541 g/mol. The van der Waals surface area contributed by atoms with E-state index in [1.54, 1.807) is 18.2 Å². The number of rotatable bonds is 4. The number of benzene rings is 2. The molecule has 1 aliphatic heterocycles. The van der Waals surface area contributed by atoms with Gasteiger partial charge in [0.2, 0.25) is 0 Å². The molecule has 0 radical (unpaired) electrons. The number of pyridine rings is 1. The Bertz CT molecular complexity index is 1430. The second-order valence-electron chi connectivity index (χ2n) is 9.36. The van der Waals surface area contributed by atoms with Crippen molar-refractivity contribution in [1.82, 2.24) is 9.88 Å². The van der Waals surface area contributed by atoms with Crippen LogP contribution in [-0.4, -0.2) is 47.2 Å². The van der Waals surface area contributed by atoms with Gasteiger partial charge in [-0.15, -0.1) is 0 Å². The second kappa shape index (κ2) is 9.23. The summed E-state index contributed by atoms with van der Waals surface area (Å²) < 4.78 is 64.8. The van der Waals surface area contributed by atoms with E-state index in [0.717, 1.165) is 12.1 Å². The summed E-state index contributed by atoms with van der Waals surface area (Å²) in [7, 11) is -4.11. The summed E-state index contributed by atoms with van der Waals surface area (Å²) in [6, 6.07) is 8.62. The Morgan fingerprint density at radius 1 is 1.11 bits per heavy atom. The number of hydrogen-bond donors (Lipinski definition) is 1. The highest BCUT2D eigenvalue weighted by atomic mass is 35.5. The van der Waals surface area contributed by atoms with Crippen molar-refractivity contribution in [3.8, 4) is 5.75 Å². The van der Waals surface area contributed by atoms with Gasteiger partial charge in [-0.05, 0) is 62.9 Å². The first-order valence-corrected chi connectivity index (χ1v) is 13.1. The fourth-order valence-electron chi connectivity index (χ4n) is 4.64. The fraction of sp³-hybridized carbons (Fsp3) is 0.360. The van der Waals surface area contributed by atoms with Gasteiger partial charge in [-0.2, -0.15) is 13.2 Å². The van der Waals surface area contributed by atoms with Crippen LogP contribution in [0.5, 0.6) is 5.75 Å². The van der Waals surface area contributed by atoms with Gasteiger partial charge in [0, 0.05) is 24.7 Å². The zero-order valence-corrected chi connectivity index (χ0v) is 21.1. The molecule has 0 bridgehead atoms. The lowest BCUT2D eigenvalue weighted by molar-refractivity contribution is -0.137. The number of piperidine rings is 1. The highest BCUT2D eigenvalue weighted by Gasteiger charge is 2.45. The number of amides is 1. The molecule has 0 aliphatic carbocycles. The van der Waals surface area contributed by atoms with Crippen LogP contribution < -0.4 is 0 Å². The predicted molar refractivity (Wildman–Crippen MR) is 130 cm³/mol. The molecule has 0 saturated carbocycles. The smallest absolute Gasteiger partial charge is 0.416 e. The third kappa shape index (κ3) is 4.52. The van der Waals surface area contributed by atoms with E-state index in [2.05, 4.69) is 4.98 Å². The summed E-state index contributed by atoms with van der Waals surface area (Å²) in [6.07, 6.45) is -2.75. The van der Waals surface area contributed by atoms with Crippen LogP contribution >= 0.6 is 11.6 Å². The Balaban J connectivity index is 1.53. The Morgan fingerprint density at radius 2 is 1.75 bits per heavy atom. The lowest BCUT2D eigenvalue weighted by Crippen LogP contribution is -2.47. The molecule has 1 saturated heterocycles. The molecular weight excluding hydrogens is 517 g/mol. The maximum absolute atomic E-state index is 13.4. The number of sulfone groups is 1. The fourth-order valence-corrected chi connectivity index (χ4v) is 6.69. The molecule has 1 aromatic heterocycles. The van der Waals surface area contributed by atoms with Crippen LogP contribution in [0.4, 0.5) is 13.2 Å². The van der Waals surface area contributed by atoms with Gasteiger partial charge in [-0.25, -0.2) is 8.42 Å². The first kappa shape index (κ1) is 26.2. The van der Waals surface area contributed by atoms with Crippen molar-refractivity contribution in [3.05, 3.63) is 64.8 Å². The topological polar surface area (TPSA) is 87.6 Å². The summed E-state index contributed by atoms with van der Waals surface area (Å²) in [5.74, 6) is -1.08. The Labute approximate surface area is 211 Å². The van der Waals surface area contributed by atoms with Gasteiger partial charge in [0.05, 0.1) is 25.7 Å². The number of para-hydroxylation sites is 1. The Kier molecular flexibility index (Phi) is 6.72. The van der Waals surface area contributed by atoms with Crippen LogP contribution in [0.1, 0.15) is 42.6 Å². The summed E-state index contributed by atoms with van der Waals surface area (Å²) in [6.45, 7) is 3.46. The van der Waals surface area contributed by atoms with Crippen LogP contribution in [0.25, 0.3) is 10.9 Å². The SMILES string of the molecule is CC(C)(C1CCN(C(=O)c2cnc3c(Cl)cccc3c2O)CC1)S(=O)(=O)c1cccc(C(F)(F)F)c1. The van der Waals surface area contributed by atoms with E-state index >= 15 is 0 Å². The molecule has 1 aliphatic rings. The largest absolute Gasteiger partial charge is 0.506 e. The molecule has 0 atom stereocenters. The van der Waals surface area contributed by atoms with Crippen LogP contribution in [-0.2, 0) is 16.0 Å². The predicted octanol–water partition coefficient (Wildman–Crippen LogP) is 5.72. The van der Waals surface area contributed by atoms with Gasteiger partial charge >= 0.3 is 6.18 Å². The molecule has 3 aromatic rings. The third-order valence-electron chi connectivity index (χ3n) is 6.98. The standard InChI is InChI=1S/C25H24ClF3N2O4S/c1-24(2,36(34,35)17-6-3-5-16(13-17)25(27,28)29)15-9-11-31(12-10-15)23(33)19-14-30-21-18(22(19)32)7-4-8-20(21)26/h3-8,13-15H,9-12H2,1-2H3,(H,30,32). The van der Waals surface area contributed by atoms with Gasteiger partial charge in [-0.1, -0.05) is 23.7 Å². The molecule has 192 valence electrons. The van der Waals surface area contributed by atoms with Crippen LogP contribution in [0.15, 0.2) is 53.6 Å². The number of likely N-dealkylation sites (tertiary alicyclic amines) is 1. The molecule has 11 heteroatoms. The first-order chi connectivity index (χ1) is 16.7. The highest BCUT2D eigenvalue weighted by molar-refractivity contribution is 7.92. The van der Waals surface area contributed by atoms with Crippen molar-refractivity contribution in [2.45, 2.75) is 42.5 Å². The molecule has 1 N–H and O–H groups in total. The summed E-state index contributed by atoms with van der Waals surface area (Å²) in [4.78, 5) is 18.5. The minimum absolute atomic E-state index is 0.0130. The number of carbonyl (C=O) groups excluding carboxylic acids is 1. The number of alkyl halides is 3. The van der Waals surface area contributed by atoms with Crippen molar-refractivity contribution in [2.24, 2.45) is 5.92 Å². The van der Waals surface area contributed by atoms with Gasteiger partial charge in [0.1, 0.15) is 11.3 Å². The van der Waals surface area contributed by atoms with E-state index in [4.69, 9.17) is 11.6 Å². The molecule has 2 heterocycles. The number of aromatic hydroxyl groups is 1. The van der Waals surface area contributed by atoms with E-state index in [1.165, 1.54) is 31.0 Å². The highest BCUT2D eigenvalue weighted by Crippen LogP contribution is 2.40. The zero-order valence-electron chi connectivity index (χ0n) is 19.5. The number of halogens is 4. The normalized spacial score (nSPS) is 15.9. The van der Waals surface area contributed by atoms with E-state index in [-0.39, 0.29) is 29.3 Å². The van der Waals surface area contributed by atoms with Crippen molar-refractivity contribution in [2.75, 3.05) is 13.1 Å². The summed E-state index contributed by atoms with van der Waals surface area (Å²) in [5, 5.41) is 11.3. The van der Waals surface area contributed by atoms with Gasteiger partial charge in [0.25, 0.3) is 5.91 Å². The maximum atomic E-state index is 13.4. The Hall–Kier alpha value is -2.85. The Morgan fingerprint density at radius 3 is 2.39 bits per heavy atom. The van der Waals surface area contributed by atoms with Crippen LogP contribution in [0.2, 0.25) is 5.02 Å². The van der Waals surface area contributed by atoms with E-state index in [0.29, 0.717) is 34.8 Å². The average Bonchev–Trinajstić information content (AvgIpc) is 2.84. The molecule has 6 nitrogen and oxygen atoms in total. The monoisotopic (exact) mass is 540 g/mol. The molecule has 0 spiro atoms. The van der Waals surface area contributed by atoms with Crippen molar-refractivity contribution in [1.29, 1.82) is 0 Å². The molecule has 1 amide bonds. The van der Waals surface area contributed by atoms with E-state index in [9.17, 15) is 31.5 Å². The number of aromatic nitrogens is 1. The third-order valence-corrected chi connectivity index (χ3v) is 9.88. The molecule has 4 rings (SSSR count). The van der Waals surface area contributed by atoms with Crippen LogP contribution in [0, 0.1) is 5.92 Å². The number of fused-ring (bicyclic) bond motifs is 1. The number of nitrogens with zero attached hydrogens (tertiary/aromatic N) is 2. The lowest BCUT2D eigenvalue weighted by atomic mass is 9.85. The van der Waals surface area contributed by atoms with E-state index < -0.39 is 38.1 Å². The molecule has 36 heavy (non-hydrogen) atoms. The summed E-state index contributed by atoms with van der Waals surface area (Å²) in [5.41, 5.74) is -0.641. The number of hydrogen-bond acceptors (Lipinski definition) is 5. The first-order valence-electron chi connectivity index (χ1n) is 11.2. The second-order valence-corrected chi connectivity index (χ2v) is 12.3. The van der Waals surface area contributed by atoms with Gasteiger partial charge < -0.3 is 10.0 Å². The van der Waals surface area contributed by atoms with Gasteiger partial charge in [-0.3, -0.25) is 9.78 Å². The maximum Gasteiger partial charge on any atom is 0.416 e. The van der Waals surface area contributed by atoms with Crippen molar-refractivity contribution < 1.29 is 31.5 Å². The van der Waals surface area contributed by atoms with Crippen LogP contribution in [0.3, 0.4) is 0 Å². The summed E-state index contributed by atoms with van der Waals surface area (Å²) >= 11 is 6.11. The zero-order chi connectivity index (χ0) is 26.5. The van der Waals surface area contributed by atoms with Crippen molar-refractivity contribution >= 4 is 38.2 Å². The molecule has 2 aromatic carbocycles. The molecule has 0 unspecified atom stereocenters. The molecule has 1 fully saturated rings. The van der Waals surface area contributed by atoms with E-state index in [1.807, 2.05) is 0 Å². The minimum Gasteiger partial charge on any atom is -0.506 e. The number of carbonyl (C=O) groups is 1.